The minimum atomic E-state index is -4.73. The first-order chi connectivity index (χ1) is 14.6. The van der Waals surface area contributed by atoms with E-state index in [9.17, 15) is 18.3 Å². The molecule has 0 aliphatic heterocycles. The number of hydrogen-bond acceptors (Lipinski definition) is 5. The Bertz CT molecular complexity index is 910. The molecule has 0 atom stereocenters. The number of alkyl halides is 3. The standard InChI is InChI=1S/C23H30F3N3O2/c1-5-15(2)14-29(4)22-16(3)20(12-18(13-27)21(22)28-10-11-30)17-6-8-19(9-7-17)31-23(24,25)26/h6-9,12,14,28,30H,5,10-11,13,27H2,1-4H3/b15-14+. The second-order valence-electron chi connectivity index (χ2n) is 7.30. The van der Waals surface area contributed by atoms with Crippen molar-refractivity contribution in [2.45, 2.75) is 40.1 Å². The number of hydrogen-bond donors (Lipinski definition) is 3. The summed E-state index contributed by atoms with van der Waals surface area (Å²) in [6.07, 6.45) is -1.80. The minimum Gasteiger partial charge on any atom is -0.406 e. The predicted molar refractivity (Wildman–Crippen MR) is 119 cm³/mol. The molecule has 2 rings (SSSR count). The van der Waals surface area contributed by atoms with Crippen LogP contribution in [0.15, 0.2) is 42.1 Å². The first-order valence-corrected chi connectivity index (χ1v) is 10.1. The zero-order chi connectivity index (χ0) is 23.2. The first-order valence-electron chi connectivity index (χ1n) is 10.1. The molecule has 0 amide bonds. The number of benzene rings is 2. The lowest BCUT2D eigenvalue weighted by molar-refractivity contribution is -0.274. The number of allylic oxidation sites excluding steroid dienone is 1. The smallest absolute Gasteiger partial charge is 0.406 e. The third kappa shape index (κ3) is 6.38. The van der Waals surface area contributed by atoms with Gasteiger partial charge in [0.1, 0.15) is 5.75 Å². The van der Waals surface area contributed by atoms with Gasteiger partial charge in [0, 0.05) is 26.3 Å². The molecular weight excluding hydrogens is 407 g/mol. The van der Waals surface area contributed by atoms with Gasteiger partial charge in [-0.05, 0) is 60.7 Å². The van der Waals surface area contributed by atoms with E-state index >= 15 is 0 Å². The first kappa shape index (κ1) is 24.6. The highest BCUT2D eigenvalue weighted by molar-refractivity contribution is 5.86. The summed E-state index contributed by atoms with van der Waals surface area (Å²) in [7, 11) is 1.94. The summed E-state index contributed by atoms with van der Waals surface area (Å²) in [4.78, 5) is 2.01. The minimum absolute atomic E-state index is 0.0293. The van der Waals surface area contributed by atoms with Crippen LogP contribution in [0.3, 0.4) is 0 Å². The normalized spacial score (nSPS) is 12.1. The van der Waals surface area contributed by atoms with E-state index in [4.69, 9.17) is 5.73 Å². The van der Waals surface area contributed by atoms with Gasteiger partial charge in [-0.15, -0.1) is 13.2 Å². The molecule has 0 aliphatic rings. The largest absolute Gasteiger partial charge is 0.573 e. The molecule has 0 bridgehead atoms. The highest BCUT2D eigenvalue weighted by Gasteiger charge is 2.31. The molecule has 0 heterocycles. The Balaban J connectivity index is 2.62. The SMILES string of the molecule is CC/C(C)=C/N(C)c1c(C)c(-c2ccc(OC(F)(F)F)cc2)cc(CN)c1NCCO. The van der Waals surface area contributed by atoms with Gasteiger partial charge in [-0.1, -0.05) is 24.6 Å². The van der Waals surface area contributed by atoms with Gasteiger partial charge < -0.3 is 25.8 Å². The van der Waals surface area contributed by atoms with Crippen LogP contribution in [0.1, 0.15) is 31.4 Å². The Morgan fingerprint density at radius 1 is 1.26 bits per heavy atom. The molecule has 2 aromatic carbocycles. The van der Waals surface area contributed by atoms with E-state index < -0.39 is 6.36 Å². The molecule has 0 fully saturated rings. The van der Waals surface area contributed by atoms with Crippen LogP contribution in [0.25, 0.3) is 11.1 Å². The van der Waals surface area contributed by atoms with E-state index in [-0.39, 0.29) is 18.9 Å². The maximum absolute atomic E-state index is 12.5. The maximum Gasteiger partial charge on any atom is 0.573 e. The fourth-order valence-electron chi connectivity index (χ4n) is 3.42. The number of anilines is 2. The second-order valence-corrected chi connectivity index (χ2v) is 7.30. The van der Waals surface area contributed by atoms with Crippen molar-refractivity contribution in [3.8, 4) is 16.9 Å². The number of aliphatic hydroxyl groups is 1. The van der Waals surface area contributed by atoms with Gasteiger partial charge >= 0.3 is 6.36 Å². The van der Waals surface area contributed by atoms with E-state index in [0.717, 1.165) is 40.0 Å². The molecule has 0 saturated heterocycles. The molecule has 31 heavy (non-hydrogen) atoms. The number of rotatable bonds is 9. The van der Waals surface area contributed by atoms with Crippen molar-refractivity contribution in [2.24, 2.45) is 5.73 Å². The summed E-state index contributed by atoms with van der Waals surface area (Å²) in [5.41, 5.74) is 12.3. The number of nitrogens with two attached hydrogens (primary N) is 1. The number of nitrogens with zero attached hydrogens (tertiary/aromatic N) is 1. The Labute approximate surface area is 181 Å². The van der Waals surface area contributed by atoms with E-state index in [1.165, 1.54) is 17.7 Å². The Kier molecular flexibility index (Phi) is 8.36. The molecule has 0 unspecified atom stereocenters. The predicted octanol–water partition coefficient (Wildman–Crippen LogP) is 5.17. The fourth-order valence-corrected chi connectivity index (χ4v) is 3.42. The molecule has 2 aromatic rings. The van der Waals surface area contributed by atoms with E-state index in [2.05, 4.69) is 17.0 Å². The van der Waals surface area contributed by atoms with Gasteiger partial charge in [0.05, 0.1) is 18.0 Å². The summed E-state index contributed by atoms with van der Waals surface area (Å²) < 4.78 is 41.4. The molecule has 5 nitrogen and oxygen atoms in total. The van der Waals surface area contributed by atoms with Crippen LogP contribution in [-0.2, 0) is 6.54 Å². The number of ether oxygens (including phenoxy) is 1. The lowest BCUT2D eigenvalue weighted by atomic mass is 9.94. The molecule has 8 heteroatoms. The van der Waals surface area contributed by atoms with Gasteiger partial charge in [0.15, 0.2) is 0 Å². The quantitative estimate of drug-likeness (QED) is 0.505. The second kappa shape index (κ2) is 10.5. The molecule has 0 saturated carbocycles. The lowest BCUT2D eigenvalue weighted by Gasteiger charge is -2.27. The van der Waals surface area contributed by atoms with Crippen LogP contribution in [0.4, 0.5) is 24.5 Å². The summed E-state index contributed by atoms with van der Waals surface area (Å²) in [5.74, 6) is -0.270. The summed E-state index contributed by atoms with van der Waals surface area (Å²) in [5, 5.41) is 12.6. The number of halogens is 3. The van der Waals surface area contributed by atoms with Crippen molar-refractivity contribution >= 4 is 11.4 Å². The zero-order valence-corrected chi connectivity index (χ0v) is 18.3. The highest BCUT2D eigenvalue weighted by Crippen LogP contribution is 2.40. The number of nitrogens with one attached hydrogen (secondary N) is 1. The van der Waals surface area contributed by atoms with Crippen LogP contribution in [0.5, 0.6) is 5.75 Å². The van der Waals surface area contributed by atoms with E-state index in [0.29, 0.717) is 6.54 Å². The van der Waals surface area contributed by atoms with Crippen LogP contribution < -0.4 is 20.7 Å². The third-order valence-corrected chi connectivity index (χ3v) is 4.99. The van der Waals surface area contributed by atoms with E-state index in [1.807, 2.05) is 38.1 Å². The van der Waals surface area contributed by atoms with Gasteiger partial charge in [0.25, 0.3) is 0 Å². The van der Waals surface area contributed by atoms with Crippen LogP contribution >= 0.6 is 0 Å². The van der Waals surface area contributed by atoms with Crippen molar-refractivity contribution in [1.82, 2.24) is 0 Å². The monoisotopic (exact) mass is 437 g/mol. The molecule has 170 valence electrons. The van der Waals surface area contributed by atoms with Crippen LogP contribution in [0, 0.1) is 6.92 Å². The number of aliphatic hydroxyl groups excluding tert-OH is 1. The summed E-state index contributed by atoms with van der Waals surface area (Å²) in [6.45, 7) is 6.67. The average Bonchev–Trinajstić information content (AvgIpc) is 2.71. The molecular formula is C23H30F3N3O2. The van der Waals surface area contributed by atoms with Crippen LogP contribution in [0.2, 0.25) is 0 Å². The molecule has 0 radical (unpaired) electrons. The lowest BCUT2D eigenvalue weighted by Crippen LogP contribution is -2.18. The zero-order valence-electron chi connectivity index (χ0n) is 18.3. The summed E-state index contributed by atoms with van der Waals surface area (Å²) >= 11 is 0. The van der Waals surface area contributed by atoms with Gasteiger partial charge in [-0.25, -0.2) is 0 Å². The van der Waals surface area contributed by atoms with E-state index in [1.54, 1.807) is 12.1 Å². The molecule has 0 spiro atoms. The van der Waals surface area contributed by atoms with Crippen molar-refractivity contribution < 1.29 is 23.0 Å². The third-order valence-electron chi connectivity index (χ3n) is 4.99. The molecule has 0 aliphatic carbocycles. The summed E-state index contributed by atoms with van der Waals surface area (Å²) in [6, 6.07) is 7.73. The van der Waals surface area contributed by atoms with Crippen molar-refractivity contribution in [3.63, 3.8) is 0 Å². The van der Waals surface area contributed by atoms with Gasteiger partial charge in [-0.3, -0.25) is 0 Å². The van der Waals surface area contributed by atoms with Crippen molar-refractivity contribution in [1.29, 1.82) is 0 Å². The van der Waals surface area contributed by atoms with Crippen molar-refractivity contribution in [2.75, 3.05) is 30.4 Å². The molecule has 4 N–H and O–H groups in total. The molecule has 0 aromatic heterocycles. The Morgan fingerprint density at radius 3 is 2.42 bits per heavy atom. The van der Waals surface area contributed by atoms with Gasteiger partial charge in [0.2, 0.25) is 0 Å². The Hall–Kier alpha value is -2.71. The highest BCUT2D eigenvalue weighted by atomic mass is 19.4. The van der Waals surface area contributed by atoms with Crippen LogP contribution in [-0.4, -0.2) is 31.7 Å². The Morgan fingerprint density at radius 2 is 1.90 bits per heavy atom. The maximum atomic E-state index is 12.5. The van der Waals surface area contributed by atoms with Gasteiger partial charge in [-0.2, -0.15) is 0 Å². The fraction of sp³-hybridized carbons (Fsp3) is 0.391. The topological polar surface area (TPSA) is 70.8 Å². The average molecular weight is 438 g/mol. The van der Waals surface area contributed by atoms with Crippen molar-refractivity contribution in [3.05, 3.63) is 53.2 Å².